The van der Waals surface area contributed by atoms with E-state index in [1.165, 1.54) is 0 Å². The quantitative estimate of drug-likeness (QED) is 0.0969. The minimum absolute atomic E-state index is 0.200. The van der Waals surface area contributed by atoms with Gasteiger partial charge in [0.2, 0.25) is 11.8 Å². The number of alkyl carbamates (subject to hydrolysis) is 1. The number of hydrogen-bond acceptors (Lipinski definition) is 9. The van der Waals surface area contributed by atoms with Crippen LogP contribution in [0.15, 0.2) is 60.2 Å². The number of nitrogens with zero attached hydrogens (tertiary/aromatic N) is 1. The van der Waals surface area contributed by atoms with Crippen molar-refractivity contribution in [3.05, 3.63) is 65.8 Å². The van der Waals surface area contributed by atoms with Crippen molar-refractivity contribution >= 4 is 23.8 Å². The fourth-order valence-corrected chi connectivity index (χ4v) is 5.40. The van der Waals surface area contributed by atoms with Crippen LogP contribution in [-0.4, -0.2) is 93.0 Å². The zero-order chi connectivity index (χ0) is 35.6. The molecule has 12 nitrogen and oxygen atoms in total. The molecule has 0 saturated carbocycles. The maximum absolute atomic E-state index is 13.1. The van der Waals surface area contributed by atoms with Crippen molar-refractivity contribution in [2.75, 3.05) is 52.7 Å². The smallest absolute Gasteiger partial charge is 0.408 e. The largest absolute Gasteiger partial charge is 0.494 e. The van der Waals surface area contributed by atoms with E-state index in [0.29, 0.717) is 64.7 Å². The van der Waals surface area contributed by atoms with Crippen molar-refractivity contribution < 1.29 is 38.1 Å². The summed E-state index contributed by atoms with van der Waals surface area (Å²) in [7, 11) is 0. The van der Waals surface area contributed by atoms with Gasteiger partial charge in [-0.2, -0.15) is 0 Å². The van der Waals surface area contributed by atoms with Gasteiger partial charge in [-0.25, -0.2) is 4.79 Å². The van der Waals surface area contributed by atoms with Gasteiger partial charge in [-0.05, 0) is 82.7 Å². The molecule has 0 radical (unpaired) electrons. The van der Waals surface area contributed by atoms with Gasteiger partial charge in [0.15, 0.2) is 0 Å². The Hall–Kier alpha value is -4.00. The number of imide groups is 1. The Kier molecular flexibility index (Phi) is 16.5. The number of piperidine rings is 1. The fourth-order valence-electron chi connectivity index (χ4n) is 5.40. The van der Waals surface area contributed by atoms with Crippen molar-refractivity contribution in [3.63, 3.8) is 0 Å². The highest BCUT2D eigenvalue weighted by Gasteiger charge is 2.39. The summed E-state index contributed by atoms with van der Waals surface area (Å²) in [5.41, 5.74) is 1.84. The number of allylic oxidation sites excluding steroid dienone is 2. The third kappa shape index (κ3) is 14.2. The van der Waals surface area contributed by atoms with Gasteiger partial charge in [0, 0.05) is 38.2 Å². The molecule has 0 aromatic heterocycles. The molecule has 3 rings (SSSR count). The van der Waals surface area contributed by atoms with Crippen LogP contribution in [0.3, 0.4) is 0 Å². The van der Waals surface area contributed by atoms with Gasteiger partial charge in [0.25, 0.3) is 5.91 Å². The molecule has 2 aliphatic rings. The van der Waals surface area contributed by atoms with Crippen LogP contribution in [0, 0.1) is 0 Å². The van der Waals surface area contributed by atoms with Crippen LogP contribution in [0.5, 0.6) is 5.75 Å². The van der Waals surface area contributed by atoms with E-state index in [0.717, 1.165) is 42.6 Å². The molecule has 1 saturated heterocycles. The Balaban J connectivity index is 1.19. The third-order valence-electron chi connectivity index (χ3n) is 7.90. The number of carbonyl (C=O) groups is 4. The summed E-state index contributed by atoms with van der Waals surface area (Å²) in [4.78, 5) is 50.5. The normalized spacial score (nSPS) is 17.4. The first-order valence-electron chi connectivity index (χ1n) is 17.2. The zero-order valence-corrected chi connectivity index (χ0v) is 29.5. The van der Waals surface area contributed by atoms with E-state index in [1.54, 1.807) is 23.1 Å². The highest BCUT2D eigenvalue weighted by Crippen LogP contribution is 2.25. The molecular formula is C37H54N4O8. The lowest BCUT2D eigenvalue weighted by atomic mass is 10.0. The number of carbonyl (C=O) groups excluding carboxylic acids is 4. The van der Waals surface area contributed by atoms with Crippen LogP contribution >= 0.6 is 0 Å². The lowest BCUT2D eigenvalue weighted by molar-refractivity contribution is -0.142. The molecule has 4 amide bonds. The van der Waals surface area contributed by atoms with Crippen LogP contribution in [0.4, 0.5) is 4.79 Å². The van der Waals surface area contributed by atoms with E-state index in [9.17, 15) is 19.2 Å². The van der Waals surface area contributed by atoms with E-state index < -0.39 is 23.6 Å². The Morgan fingerprint density at radius 2 is 1.80 bits per heavy atom. The van der Waals surface area contributed by atoms with Gasteiger partial charge in [0.1, 0.15) is 17.4 Å². The van der Waals surface area contributed by atoms with Crippen molar-refractivity contribution in [2.45, 2.75) is 83.9 Å². The first-order valence-corrected chi connectivity index (χ1v) is 17.2. The number of rotatable bonds is 21. The molecule has 1 aromatic carbocycles. The predicted octanol–water partition coefficient (Wildman–Crippen LogP) is 4.52. The van der Waals surface area contributed by atoms with Gasteiger partial charge in [0.05, 0.1) is 32.5 Å². The highest BCUT2D eigenvalue weighted by molar-refractivity contribution is 6.06. The zero-order valence-electron chi connectivity index (χ0n) is 29.5. The molecule has 1 aromatic rings. The van der Waals surface area contributed by atoms with Gasteiger partial charge in [-0.15, -0.1) is 0 Å². The van der Waals surface area contributed by atoms with Crippen LogP contribution in [0.1, 0.15) is 77.8 Å². The van der Waals surface area contributed by atoms with Crippen LogP contribution in [0.2, 0.25) is 0 Å². The fraction of sp³-hybridized carbons (Fsp3) is 0.568. The number of hydrogen-bond donors (Lipinski definition) is 3. The molecule has 2 unspecified atom stereocenters. The molecule has 0 aliphatic carbocycles. The molecule has 49 heavy (non-hydrogen) atoms. The van der Waals surface area contributed by atoms with Gasteiger partial charge in [-0.1, -0.05) is 37.3 Å². The lowest BCUT2D eigenvalue weighted by Gasteiger charge is -2.30. The molecule has 2 aliphatic heterocycles. The van der Waals surface area contributed by atoms with Crippen LogP contribution in [0.25, 0.3) is 0 Å². The lowest BCUT2D eigenvalue weighted by Crippen LogP contribution is -2.53. The second-order valence-electron chi connectivity index (χ2n) is 13.1. The van der Waals surface area contributed by atoms with Crippen molar-refractivity contribution in [1.82, 2.24) is 20.9 Å². The molecule has 2 heterocycles. The Bertz CT molecular complexity index is 1340. The van der Waals surface area contributed by atoms with E-state index in [1.807, 2.05) is 52.0 Å². The minimum Gasteiger partial charge on any atom is -0.494 e. The number of nitrogens with one attached hydrogen (secondary N) is 3. The van der Waals surface area contributed by atoms with E-state index in [4.69, 9.17) is 18.9 Å². The van der Waals surface area contributed by atoms with Gasteiger partial charge >= 0.3 is 6.09 Å². The summed E-state index contributed by atoms with van der Waals surface area (Å²) in [5, 5.41) is 8.50. The molecule has 270 valence electrons. The van der Waals surface area contributed by atoms with Gasteiger partial charge < -0.3 is 34.5 Å². The average molecular weight is 683 g/mol. The second-order valence-corrected chi connectivity index (χ2v) is 13.1. The minimum atomic E-state index is -0.645. The Labute approximate surface area is 290 Å². The first kappa shape index (κ1) is 39.4. The number of unbranched alkanes of at least 4 members (excludes halogenated alkanes) is 3. The molecule has 0 bridgehead atoms. The highest BCUT2D eigenvalue weighted by atomic mass is 16.6. The first-order chi connectivity index (χ1) is 23.5. The van der Waals surface area contributed by atoms with Gasteiger partial charge in [-0.3, -0.25) is 19.7 Å². The number of ether oxygens (including phenoxy) is 4. The molecule has 0 spiro atoms. The van der Waals surface area contributed by atoms with E-state index in [-0.39, 0.29) is 24.3 Å². The van der Waals surface area contributed by atoms with Crippen LogP contribution in [-0.2, 0) is 28.6 Å². The Morgan fingerprint density at radius 1 is 1.06 bits per heavy atom. The van der Waals surface area contributed by atoms with Crippen molar-refractivity contribution in [3.8, 4) is 5.75 Å². The summed E-state index contributed by atoms with van der Waals surface area (Å²) in [6.07, 6.45) is 9.14. The summed E-state index contributed by atoms with van der Waals surface area (Å²) >= 11 is 0. The second kappa shape index (κ2) is 20.5. The maximum Gasteiger partial charge on any atom is 0.408 e. The number of amides is 4. The number of benzene rings is 1. The molecule has 2 atom stereocenters. The Morgan fingerprint density at radius 3 is 2.51 bits per heavy atom. The van der Waals surface area contributed by atoms with Crippen molar-refractivity contribution in [1.29, 1.82) is 0 Å². The van der Waals surface area contributed by atoms with E-state index >= 15 is 0 Å². The molecule has 1 fully saturated rings. The summed E-state index contributed by atoms with van der Waals surface area (Å²) in [6, 6.07) is 6.90. The maximum atomic E-state index is 13.1. The van der Waals surface area contributed by atoms with Crippen molar-refractivity contribution in [2.24, 2.45) is 0 Å². The van der Waals surface area contributed by atoms with E-state index in [2.05, 4.69) is 22.5 Å². The summed E-state index contributed by atoms with van der Waals surface area (Å²) in [5.74, 6) is -0.163. The monoisotopic (exact) mass is 682 g/mol. The SMILES string of the molecule is C=C/C=C\C1=C(CNCCOCCOCCCCCCOc2cccc(C(C)NC(=O)OC(C)(C)C)c2)CN(C2CCC(=O)NC2=O)C1=O. The molecular weight excluding hydrogens is 628 g/mol. The average Bonchev–Trinajstić information content (AvgIpc) is 3.35. The molecule has 12 heteroatoms. The predicted molar refractivity (Wildman–Crippen MR) is 187 cm³/mol. The van der Waals surface area contributed by atoms with Crippen LogP contribution < -0.4 is 20.7 Å². The molecule has 3 N–H and O–H groups in total. The topological polar surface area (TPSA) is 145 Å². The third-order valence-corrected chi connectivity index (χ3v) is 7.90. The standard InChI is InChI=1S/C37H54N4O8/c1-6-7-15-31-29(26-41(35(31)44)32-16-17-33(42)40-34(32)43)25-38-18-21-47-23-22-46-19-10-8-9-11-20-48-30-14-12-13-28(24-30)27(2)39-36(45)49-37(3,4)5/h6-7,12-15,24,27,32,38H,1,8-11,16-23,25-26H2,2-5H3,(H,39,45)(H,40,42,43)/b15-7-. The summed E-state index contributed by atoms with van der Waals surface area (Å²) < 4.78 is 22.6. The summed E-state index contributed by atoms with van der Waals surface area (Å²) in [6.45, 7) is 15.3.